The molecule has 1 aromatic heterocycles. The summed E-state index contributed by atoms with van der Waals surface area (Å²) < 4.78 is 10.9. The van der Waals surface area contributed by atoms with Crippen molar-refractivity contribution in [2.24, 2.45) is 0 Å². The number of benzene rings is 1. The van der Waals surface area contributed by atoms with Crippen LogP contribution < -0.4 is 4.74 Å². The molecule has 5 nitrogen and oxygen atoms in total. The van der Waals surface area contributed by atoms with Gasteiger partial charge in [-0.25, -0.2) is 0 Å². The Morgan fingerprint density at radius 3 is 2.95 bits per heavy atom. The second-order valence-corrected chi connectivity index (χ2v) is 5.55. The molecule has 0 fully saturated rings. The number of ketones is 1. The van der Waals surface area contributed by atoms with Crippen LogP contribution in [0.1, 0.15) is 60.2 Å². The summed E-state index contributed by atoms with van der Waals surface area (Å²) in [6.45, 7) is 4.24. The monoisotopic (exact) mass is 286 g/mol. The number of Topliss-reactive ketones (excluding diaryl/α,β-unsaturated/α-hetero) is 1. The molecule has 5 heteroatoms. The van der Waals surface area contributed by atoms with Crippen molar-refractivity contribution in [2.45, 2.75) is 45.6 Å². The molecule has 0 saturated carbocycles. The zero-order valence-electron chi connectivity index (χ0n) is 12.3. The predicted molar refractivity (Wildman–Crippen MR) is 76.4 cm³/mol. The first-order valence-corrected chi connectivity index (χ1v) is 7.25. The Hall–Kier alpha value is -2.17. The Kier molecular flexibility index (Phi) is 3.73. The molecule has 0 spiro atoms. The van der Waals surface area contributed by atoms with Gasteiger partial charge in [0.2, 0.25) is 0 Å². The molecule has 0 atom stereocenters. The lowest BCUT2D eigenvalue weighted by molar-refractivity contribution is 0.0971. The molecule has 1 aliphatic rings. The lowest BCUT2D eigenvalue weighted by Gasteiger charge is -2.17. The number of nitrogens with zero attached hydrogens (tertiary/aromatic N) is 2. The van der Waals surface area contributed by atoms with Crippen LogP contribution in [0.25, 0.3) is 0 Å². The highest BCUT2D eigenvalue weighted by Crippen LogP contribution is 2.30. The van der Waals surface area contributed by atoms with Gasteiger partial charge in [0.1, 0.15) is 5.75 Å². The molecule has 21 heavy (non-hydrogen) atoms. The lowest BCUT2D eigenvalue weighted by Crippen LogP contribution is -2.12. The summed E-state index contributed by atoms with van der Waals surface area (Å²) in [5, 5.41) is 3.91. The van der Waals surface area contributed by atoms with Crippen LogP contribution in [0.4, 0.5) is 0 Å². The minimum atomic E-state index is 0.196. The average molecular weight is 286 g/mol. The molecule has 0 unspecified atom stereocenters. The molecule has 1 aliphatic carbocycles. The van der Waals surface area contributed by atoms with E-state index in [0.29, 0.717) is 18.1 Å². The predicted octanol–water partition coefficient (Wildman–Crippen LogP) is 3.29. The molecule has 110 valence electrons. The van der Waals surface area contributed by atoms with Gasteiger partial charge in [-0.05, 0) is 18.9 Å². The molecule has 0 amide bonds. The normalized spacial score (nSPS) is 14.3. The zero-order chi connectivity index (χ0) is 14.8. The Morgan fingerprint density at radius 1 is 1.33 bits per heavy atom. The largest absolute Gasteiger partial charge is 0.483 e. The van der Waals surface area contributed by atoms with Crippen LogP contribution in [0.2, 0.25) is 0 Å². The number of rotatable bonds is 4. The first-order chi connectivity index (χ1) is 10.1. The van der Waals surface area contributed by atoms with Crippen molar-refractivity contribution in [2.75, 3.05) is 0 Å². The fraction of sp³-hybridized carbons (Fsp3) is 0.438. The molecule has 2 aromatic rings. The van der Waals surface area contributed by atoms with Gasteiger partial charge < -0.3 is 9.26 Å². The van der Waals surface area contributed by atoms with Crippen LogP contribution >= 0.6 is 0 Å². The molecular formula is C16H18N2O3. The lowest BCUT2D eigenvalue weighted by atomic mass is 9.90. The maximum atomic E-state index is 11.9. The van der Waals surface area contributed by atoms with E-state index in [4.69, 9.17) is 9.26 Å². The summed E-state index contributed by atoms with van der Waals surface area (Å²) in [6, 6.07) is 5.61. The molecule has 3 rings (SSSR count). The second-order valence-electron chi connectivity index (χ2n) is 5.55. The van der Waals surface area contributed by atoms with Crippen LogP contribution in [0.15, 0.2) is 22.7 Å². The van der Waals surface area contributed by atoms with Gasteiger partial charge in [0, 0.05) is 23.5 Å². The Labute approximate surface area is 123 Å². The van der Waals surface area contributed by atoms with E-state index in [1.807, 2.05) is 32.0 Å². The summed E-state index contributed by atoms with van der Waals surface area (Å²) in [6.07, 6.45) is 2.38. The van der Waals surface area contributed by atoms with E-state index < -0.39 is 0 Å². The molecule has 1 aromatic carbocycles. The van der Waals surface area contributed by atoms with E-state index in [0.717, 1.165) is 29.7 Å². The van der Waals surface area contributed by atoms with E-state index in [1.54, 1.807) is 0 Å². The maximum absolute atomic E-state index is 11.9. The minimum Gasteiger partial charge on any atom is -0.483 e. The van der Waals surface area contributed by atoms with Gasteiger partial charge in [-0.2, -0.15) is 4.98 Å². The summed E-state index contributed by atoms with van der Waals surface area (Å²) >= 11 is 0. The van der Waals surface area contributed by atoms with Gasteiger partial charge in [0.05, 0.1) is 0 Å². The van der Waals surface area contributed by atoms with Crippen LogP contribution in [-0.4, -0.2) is 15.9 Å². The smallest absolute Gasteiger partial charge is 0.264 e. The zero-order valence-corrected chi connectivity index (χ0v) is 12.3. The molecule has 1 heterocycles. The van der Waals surface area contributed by atoms with E-state index in [1.165, 1.54) is 0 Å². The van der Waals surface area contributed by atoms with Crippen molar-refractivity contribution >= 4 is 5.78 Å². The van der Waals surface area contributed by atoms with Crippen molar-refractivity contribution in [3.63, 3.8) is 0 Å². The molecular weight excluding hydrogens is 268 g/mol. The van der Waals surface area contributed by atoms with Gasteiger partial charge in [-0.15, -0.1) is 0 Å². The summed E-state index contributed by atoms with van der Waals surface area (Å²) in [5.41, 5.74) is 1.78. The molecule has 0 bridgehead atoms. The highest BCUT2D eigenvalue weighted by Gasteiger charge is 2.20. The van der Waals surface area contributed by atoms with Crippen molar-refractivity contribution in [3.05, 3.63) is 41.0 Å². The fourth-order valence-electron chi connectivity index (χ4n) is 2.48. The number of carbonyl (C=O) groups excluding carboxylic acids is 1. The van der Waals surface area contributed by atoms with E-state index >= 15 is 0 Å². The van der Waals surface area contributed by atoms with Gasteiger partial charge in [-0.1, -0.05) is 31.1 Å². The topological polar surface area (TPSA) is 65.2 Å². The molecule has 0 radical (unpaired) electrons. The third kappa shape index (κ3) is 2.82. The van der Waals surface area contributed by atoms with Crippen molar-refractivity contribution in [1.29, 1.82) is 0 Å². The van der Waals surface area contributed by atoms with Crippen molar-refractivity contribution in [3.8, 4) is 5.75 Å². The third-order valence-electron chi connectivity index (χ3n) is 3.62. The summed E-state index contributed by atoms with van der Waals surface area (Å²) in [4.78, 5) is 16.2. The molecule has 0 N–H and O–H groups in total. The van der Waals surface area contributed by atoms with Gasteiger partial charge in [0.15, 0.2) is 18.2 Å². The van der Waals surface area contributed by atoms with Crippen LogP contribution in [0, 0.1) is 0 Å². The first kappa shape index (κ1) is 13.8. The van der Waals surface area contributed by atoms with Crippen LogP contribution in [-0.2, 0) is 13.0 Å². The van der Waals surface area contributed by atoms with Crippen LogP contribution in [0.3, 0.4) is 0 Å². The highest BCUT2D eigenvalue weighted by molar-refractivity contribution is 5.99. The number of carbonyl (C=O) groups is 1. The SMILES string of the molecule is CC(C)c1noc(COc2cccc3c2CCCC3=O)n1. The van der Waals surface area contributed by atoms with Crippen molar-refractivity contribution in [1.82, 2.24) is 10.1 Å². The Morgan fingerprint density at radius 2 is 2.19 bits per heavy atom. The number of hydrogen-bond acceptors (Lipinski definition) is 5. The molecule has 0 saturated heterocycles. The van der Waals surface area contributed by atoms with E-state index in [2.05, 4.69) is 10.1 Å². The Balaban J connectivity index is 1.76. The number of aromatic nitrogens is 2. The highest BCUT2D eigenvalue weighted by atomic mass is 16.5. The number of hydrogen-bond donors (Lipinski definition) is 0. The first-order valence-electron chi connectivity index (χ1n) is 7.25. The van der Waals surface area contributed by atoms with E-state index in [9.17, 15) is 4.79 Å². The number of ether oxygens (including phenoxy) is 1. The molecule has 0 aliphatic heterocycles. The minimum absolute atomic E-state index is 0.196. The van der Waals surface area contributed by atoms with Gasteiger partial charge in [-0.3, -0.25) is 4.79 Å². The Bertz CT molecular complexity index is 661. The van der Waals surface area contributed by atoms with Gasteiger partial charge >= 0.3 is 0 Å². The van der Waals surface area contributed by atoms with E-state index in [-0.39, 0.29) is 18.3 Å². The third-order valence-corrected chi connectivity index (χ3v) is 3.62. The summed E-state index contributed by atoms with van der Waals surface area (Å²) in [5.74, 6) is 2.30. The number of fused-ring (bicyclic) bond motifs is 1. The second kappa shape index (κ2) is 5.68. The summed E-state index contributed by atoms with van der Waals surface area (Å²) in [7, 11) is 0. The fourth-order valence-corrected chi connectivity index (χ4v) is 2.48. The average Bonchev–Trinajstić information content (AvgIpc) is 2.95. The van der Waals surface area contributed by atoms with Gasteiger partial charge in [0.25, 0.3) is 5.89 Å². The standard InChI is InChI=1S/C16H18N2O3/c1-10(2)16-17-15(21-18-16)9-20-14-8-4-5-11-12(14)6-3-7-13(11)19/h4-5,8,10H,3,6-7,9H2,1-2H3. The quantitative estimate of drug-likeness (QED) is 0.862. The van der Waals surface area contributed by atoms with Crippen LogP contribution in [0.5, 0.6) is 5.75 Å². The van der Waals surface area contributed by atoms with Crippen molar-refractivity contribution < 1.29 is 14.1 Å². The maximum Gasteiger partial charge on any atom is 0.264 e.